The van der Waals surface area contributed by atoms with Crippen molar-refractivity contribution in [3.63, 3.8) is 0 Å². The minimum atomic E-state index is 0.0372. The van der Waals surface area contributed by atoms with Gasteiger partial charge in [0.15, 0.2) is 0 Å². The van der Waals surface area contributed by atoms with E-state index in [-0.39, 0.29) is 11.8 Å². The molecule has 20 aromatic rings. The van der Waals surface area contributed by atoms with Crippen LogP contribution in [0.25, 0.3) is 134 Å². The second kappa shape index (κ2) is 49.9. The largest absolute Gasteiger partial charge is 0.0654 e. The van der Waals surface area contributed by atoms with Crippen molar-refractivity contribution >= 4 is 0 Å². The zero-order chi connectivity index (χ0) is 103. The summed E-state index contributed by atoms with van der Waals surface area (Å²) in [6, 6.07) is 173. The summed E-state index contributed by atoms with van der Waals surface area (Å²) in [6.07, 6.45) is 22.0. The average Bonchev–Trinajstić information content (AvgIpc) is 0.765. The Bertz CT molecular complexity index is 7360. The second-order valence-corrected chi connectivity index (χ2v) is 42.4. The molecular weight excluding hydrogens is 1800 g/mol. The Morgan fingerprint density at radius 2 is 0.413 bits per heavy atom. The first-order valence-corrected chi connectivity index (χ1v) is 55.4. The molecule has 1 aliphatic rings. The Labute approximate surface area is 895 Å². The molecule has 0 heterocycles. The summed E-state index contributed by atoms with van der Waals surface area (Å²) in [6.45, 7) is 22.3. The van der Waals surface area contributed by atoms with Gasteiger partial charge >= 0.3 is 0 Å². The van der Waals surface area contributed by atoms with Gasteiger partial charge in [-0.05, 0) is 349 Å². The van der Waals surface area contributed by atoms with Gasteiger partial charge in [-0.3, -0.25) is 0 Å². The number of fused-ring (bicyclic) bond motifs is 1. The smallest absolute Gasteiger partial charge is 0.0340 e. The molecule has 0 aliphatic heterocycles. The van der Waals surface area contributed by atoms with Crippen LogP contribution in [0.2, 0.25) is 0 Å². The predicted molar refractivity (Wildman–Crippen MR) is 646 cm³/mol. The molecule has 20 aromatic carbocycles. The van der Waals surface area contributed by atoms with E-state index in [0.717, 1.165) is 12.8 Å². The van der Waals surface area contributed by atoms with E-state index in [2.05, 4.69) is 530 Å². The number of hydrogen-bond acceptors (Lipinski definition) is 0. The molecule has 2 atom stereocenters. The van der Waals surface area contributed by atoms with E-state index in [0.29, 0.717) is 0 Å². The highest BCUT2D eigenvalue weighted by molar-refractivity contribution is 5.84. The van der Waals surface area contributed by atoms with Crippen LogP contribution in [0.15, 0.2) is 461 Å². The van der Waals surface area contributed by atoms with Crippen molar-refractivity contribution < 1.29 is 0 Å². The van der Waals surface area contributed by atoms with Crippen molar-refractivity contribution in [3.05, 3.63) is 572 Å². The van der Waals surface area contributed by atoms with Crippen LogP contribution in [-0.2, 0) is 38.5 Å². The Morgan fingerprint density at radius 3 is 0.727 bits per heavy atom. The SMILES string of the molecule is CCCCCCc1cc(-c2ccc(C(c3ccc(-c4ccc(-c5ccccc5)cc4)cc3)c3ccc(-c4cccc(C)c4)cc3)cc2C)c(CCCCCC)cc1-c1ccc(C(c2ccc(-c3ccc(-c4ccccc4)cc3)cc2)c2ccc(-c3cccc(C)c3)cc2)cc1C.Cc1ccc(-c2cc(-c3ccc(C)cc3)cc(-c3ccc(C)cc3)c2)cc1.Cc1ccc(CCCCCCc2ccc(-c3ccc4c(c3)CC4)cc2)cc1. The Morgan fingerprint density at radius 1 is 0.160 bits per heavy atom. The summed E-state index contributed by atoms with van der Waals surface area (Å²) in [7, 11) is 0. The fraction of sp³-hybridized carbons (Fsp3) is 0.200. The molecule has 150 heavy (non-hydrogen) atoms. The molecule has 0 aromatic heterocycles. The van der Waals surface area contributed by atoms with Gasteiger partial charge in [-0.1, -0.05) is 541 Å². The van der Waals surface area contributed by atoms with Crippen LogP contribution in [0.4, 0.5) is 0 Å². The molecule has 0 saturated carbocycles. The van der Waals surface area contributed by atoms with E-state index < -0.39 is 0 Å². The summed E-state index contributed by atoms with van der Waals surface area (Å²) >= 11 is 0. The topological polar surface area (TPSA) is 0 Å². The molecule has 0 fully saturated rings. The summed E-state index contributed by atoms with van der Waals surface area (Å²) in [5, 5.41) is 0. The highest BCUT2D eigenvalue weighted by Gasteiger charge is 2.26. The molecular formula is C150H144. The zero-order valence-corrected chi connectivity index (χ0v) is 89.8. The summed E-state index contributed by atoms with van der Waals surface area (Å²) < 4.78 is 0. The average molecular weight is 1950 g/mol. The Kier molecular flexibility index (Phi) is 34.3. The van der Waals surface area contributed by atoms with Crippen molar-refractivity contribution in [2.24, 2.45) is 0 Å². The summed E-state index contributed by atoms with van der Waals surface area (Å²) in [5.41, 5.74) is 57.6. The summed E-state index contributed by atoms with van der Waals surface area (Å²) in [5.74, 6) is 0.0745. The van der Waals surface area contributed by atoms with Gasteiger partial charge in [-0.25, -0.2) is 0 Å². The standard InChI is InChI=1S/C96H90.C27H24.C27H30/c1-7-9-11-15-29-87-65-94(92-60-58-90(64-70(92)6)96(84-55-47-80(48-56-84)86-32-22-24-68(4)62-86)82-51-43-78(44-52-82)76-39-35-74(36-40-76)72-27-19-14-20-28-72)88(30-16-12-10-8-2)66-93(87)91-59-57-89(63-69(91)5)95(83-53-45-79(46-54-83)85-31-21-23-67(3)61-85)81-49-41-77(42-50-81)75-37-33-73(34-38-75)71-25-17-13-18-26-71;1-19-4-10-22(11-5-19)25-16-26(23-12-6-20(2)7-13-23)18-27(17-25)24-14-8-21(3)9-15-24;1-21-8-10-22(11-9-21)6-4-2-3-5-7-23-12-14-24(15-13-23)26-18-16-25-17-19-27(25)20-26/h13-14,17-28,31-66,95-96H,7-12,15-16,29-30H2,1-6H3;4-18H,1-3H3;8-16,18,20H,2-7,17,19H2,1H3. The molecule has 0 N–H and O–H groups in total. The normalized spacial score (nSPS) is 11.9. The minimum absolute atomic E-state index is 0.0372. The first-order valence-electron chi connectivity index (χ1n) is 55.4. The number of rotatable bonds is 35. The molecule has 0 heteroatoms. The highest BCUT2D eigenvalue weighted by atomic mass is 14.3. The van der Waals surface area contributed by atoms with Crippen molar-refractivity contribution in [2.45, 2.75) is 197 Å². The van der Waals surface area contributed by atoms with Gasteiger partial charge in [0.25, 0.3) is 0 Å². The first-order chi connectivity index (χ1) is 73.5. The van der Waals surface area contributed by atoms with Crippen LogP contribution < -0.4 is 0 Å². The maximum Gasteiger partial charge on any atom is 0.0340 e. The molecule has 2 unspecified atom stereocenters. The lowest BCUT2D eigenvalue weighted by Crippen LogP contribution is -2.07. The van der Waals surface area contributed by atoms with Crippen LogP contribution >= 0.6 is 0 Å². The third kappa shape index (κ3) is 26.2. The molecule has 0 saturated heterocycles. The van der Waals surface area contributed by atoms with Gasteiger partial charge in [0.05, 0.1) is 0 Å². The summed E-state index contributed by atoms with van der Waals surface area (Å²) in [4.78, 5) is 0. The Balaban J connectivity index is 0.000000209. The van der Waals surface area contributed by atoms with Crippen LogP contribution in [0.5, 0.6) is 0 Å². The van der Waals surface area contributed by atoms with Crippen molar-refractivity contribution in [3.8, 4) is 134 Å². The molecule has 0 nitrogen and oxygen atoms in total. The molecule has 0 radical (unpaired) electrons. The number of aryl methyl sites for hydroxylation is 14. The third-order valence-corrected chi connectivity index (χ3v) is 31.1. The predicted octanol–water partition coefficient (Wildman–Crippen LogP) is 41.6. The molecule has 0 spiro atoms. The lowest BCUT2D eigenvalue weighted by atomic mass is 9.80. The quantitative estimate of drug-likeness (QED) is 0.0274. The van der Waals surface area contributed by atoms with E-state index >= 15 is 0 Å². The van der Waals surface area contributed by atoms with E-state index in [1.165, 1.54) is 342 Å². The second-order valence-electron chi connectivity index (χ2n) is 42.4. The van der Waals surface area contributed by atoms with Crippen molar-refractivity contribution in [1.82, 2.24) is 0 Å². The van der Waals surface area contributed by atoms with Gasteiger partial charge in [-0.15, -0.1) is 0 Å². The lowest BCUT2D eigenvalue weighted by Gasteiger charge is -2.24. The number of unbranched alkanes of at least 4 members (excludes halogenated alkanes) is 9. The number of hydrogen-bond donors (Lipinski definition) is 0. The monoisotopic (exact) mass is 1950 g/mol. The van der Waals surface area contributed by atoms with Gasteiger partial charge in [0, 0.05) is 11.8 Å². The van der Waals surface area contributed by atoms with E-state index in [1.807, 2.05) is 0 Å². The fourth-order valence-electron chi connectivity index (χ4n) is 22.0. The van der Waals surface area contributed by atoms with Crippen molar-refractivity contribution in [2.75, 3.05) is 0 Å². The van der Waals surface area contributed by atoms with Crippen molar-refractivity contribution in [1.29, 1.82) is 0 Å². The molecule has 0 bridgehead atoms. The van der Waals surface area contributed by atoms with E-state index in [9.17, 15) is 0 Å². The maximum atomic E-state index is 2.63. The van der Waals surface area contributed by atoms with E-state index in [1.54, 1.807) is 5.56 Å². The van der Waals surface area contributed by atoms with Gasteiger partial charge < -0.3 is 0 Å². The van der Waals surface area contributed by atoms with Crippen LogP contribution in [0.3, 0.4) is 0 Å². The van der Waals surface area contributed by atoms with Gasteiger partial charge in [0.1, 0.15) is 0 Å². The number of benzene rings is 20. The lowest BCUT2D eigenvalue weighted by molar-refractivity contribution is 0.640. The fourth-order valence-corrected chi connectivity index (χ4v) is 22.0. The third-order valence-electron chi connectivity index (χ3n) is 31.1. The Hall–Kier alpha value is -15.6. The molecule has 21 rings (SSSR count). The van der Waals surface area contributed by atoms with Crippen LogP contribution in [-0.4, -0.2) is 0 Å². The molecule has 744 valence electrons. The highest BCUT2D eigenvalue weighted by Crippen LogP contribution is 2.45. The van der Waals surface area contributed by atoms with Gasteiger partial charge in [-0.2, -0.15) is 0 Å². The maximum absolute atomic E-state index is 2.63. The zero-order valence-electron chi connectivity index (χ0n) is 89.8. The minimum Gasteiger partial charge on any atom is -0.0654 e. The van der Waals surface area contributed by atoms with Crippen LogP contribution in [0.1, 0.15) is 214 Å². The molecule has 1 aliphatic carbocycles. The van der Waals surface area contributed by atoms with Crippen LogP contribution in [0, 0.1) is 55.4 Å². The molecule has 0 amide bonds. The van der Waals surface area contributed by atoms with Gasteiger partial charge in [0.2, 0.25) is 0 Å². The van der Waals surface area contributed by atoms with E-state index in [4.69, 9.17) is 0 Å². The first kappa shape index (κ1) is 103.